The maximum atomic E-state index is 5.22. The van der Waals surface area contributed by atoms with Gasteiger partial charge in [0.25, 0.3) is 0 Å². The van der Waals surface area contributed by atoms with Crippen molar-refractivity contribution in [3.63, 3.8) is 0 Å². The summed E-state index contributed by atoms with van der Waals surface area (Å²) in [7, 11) is 0. The van der Waals surface area contributed by atoms with Gasteiger partial charge in [-0.1, -0.05) is 320 Å². The van der Waals surface area contributed by atoms with E-state index in [-0.39, 0.29) is 16.5 Å². The molecule has 0 unspecified atom stereocenters. The van der Waals surface area contributed by atoms with Crippen molar-refractivity contribution in [1.82, 2.24) is 0 Å². The minimum atomic E-state index is 0. The van der Waals surface area contributed by atoms with Gasteiger partial charge >= 0.3 is 0 Å². The number of aliphatic imine (C=N–C) groups is 2. The number of rotatable bonds is 52. The van der Waals surface area contributed by atoms with E-state index in [1.54, 1.807) is 0 Å². The summed E-state index contributed by atoms with van der Waals surface area (Å²) in [5, 5.41) is 0. The minimum Gasteiger partial charge on any atom is -0.255 e. The first-order valence-electron chi connectivity index (χ1n) is 33.0. The van der Waals surface area contributed by atoms with Crippen LogP contribution in [0.1, 0.15) is 347 Å². The van der Waals surface area contributed by atoms with Gasteiger partial charge in [-0.25, -0.2) is 0 Å². The molecule has 428 valence electrons. The second kappa shape index (κ2) is 57.6. The van der Waals surface area contributed by atoms with Crippen LogP contribution < -0.4 is 0 Å². The molecule has 2 aromatic rings. The van der Waals surface area contributed by atoms with Crippen LogP contribution in [-0.4, -0.2) is 11.9 Å². The quantitative estimate of drug-likeness (QED) is 0.0273. The summed E-state index contributed by atoms with van der Waals surface area (Å²) in [6, 6.07) is 17.2. The number of unbranched alkanes of at least 4 members (excludes halogenated alkanes) is 43. The van der Waals surface area contributed by atoms with E-state index in [0.717, 1.165) is 74.9 Å². The van der Waals surface area contributed by atoms with Crippen molar-refractivity contribution in [2.45, 2.75) is 348 Å². The first-order chi connectivity index (χ1) is 36.8. The fourth-order valence-electron chi connectivity index (χ4n) is 10.5. The van der Waals surface area contributed by atoms with E-state index in [0.29, 0.717) is 0 Å². The van der Waals surface area contributed by atoms with Gasteiger partial charge in [0.05, 0.1) is 17.1 Å². The van der Waals surface area contributed by atoms with Crippen LogP contribution in [0.5, 0.6) is 0 Å². The Kier molecular flexibility index (Phi) is 54.0. The maximum absolute atomic E-state index is 5.22. The smallest absolute Gasteiger partial charge is 0.0665 e. The normalized spacial score (nSPS) is 11.4. The number of nitrogens with zero attached hydrogens (tertiary/aromatic N) is 2. The second-order valence-corrected chi connectivity index (χ2v) is 22.6. The molecule has 0 heterocycles. The van der Waals surface area contributed by atoms with E-state index < -0.39 is 0 Å². The molecular weight excluding hydrogens is 951 g/mol. The molecule has 0 saturated carbocycles. The van der Waals surface area contributed by atoms with Crippen LogP contribution in [0, 0.1) is 23.7 Å². The summed E-state index contributed by atoms with van der Waals surface area (Å²) in [4.78, 5) is 10.3. The van der Waals surface area contributed by atoms with Gasteiger partial charge in [-0.2, -0.15) is 0 Å². The molecule has 75 heavy (non-hydrogen) atoms. The van der Waals surface area contributed by atoms with Gasteiger partial charge in [-0.3, -0.25) is 9.98 Å². The van der Waals surface area contributed by atoms with Crippen molar-refractivity contribution in [3.8, 4) is 23.7 Å². The van der Waals surface area contributed by atoms with Crippen LogP contribution in [-0.2, 0) is 29.3 Å². The zero-order valence-electron chi connectivity index (χ0n) is 50.0. The van der Waals surface area contributed by atoms with E-state index >= 15 is 0 Å². The zero-order chi connectivity index (χ0) is 52.6. The Labute approximate surface area is 478 Å². The molecule has 0 spiro atoms. The van der Waals surface area contributed by atoms with E-state index in [4.69, 9.17) is 9.98 Å². The minimum absolute atomic E-state index is 0. The fraction of sp³-hybridized carbons (Fsp3) is 0.750. The van der Waals surface area contributed by atoms with E-state index in [1.165, 1.54) is 281 Å². The standard InChI is InChI=1S/C72H120N2.Ni/c1-4-7-10-12-14-16-18-20-22-24-26-28-30-32-34-36-38-40-42-44-46-48-50-52-54-60-68-62-56-58-65-71(68)73-67-70(64-9-6-3)74-72-66-59-57-63-69(72)61-55-53-51-49-47-45-43-41-39-37-35-33-31-29-27-25-23-21-19-17-15-13-11-8-5-2;/h56-59,62-63,65-67H,4-49,54-55,60-61,64H2,1-3H3;. The Hall–Kier alpha value is -2.61. The van der Waals surface area contributed by atoms with Crippen molar-refractivity contribution in [2.24, 2.45) is 9.98 Å². The van der Waals surface area contributed by atoms with Crippen molar-refractivity contribution < 1.29 is 16.5 Å². The molecule has 2 nitrogen and oxygen atoms in total. The van der Waals surface area contributed by atoms with Crippen LogP contribution in [0.25, 0.3) is 0 Å². The third kappa shape index (κ3) is 46.1. The summed E-state index contributed by atoms with van der Waals surface area (Å²) < 4.78 is 0. The molecule has 0 atom stereocenters. The molecule has 0 aliphatic rings. The molecule has 0 amide bonds. The average molecular weight is 1070 g/mol. The van der Waals surface area contributed by atoms with Crippen molar-refractivity contribution in [1.29, 1.82) is 0 Å². The zero-order valence-corrected chi connectivity index (χ0v) is 51.0. The van der Waals surface area contributed by atoms with Gasteiger partial charge in [0.15, 0.2) is 0 Å². The number of benzene rings is 2. The molecule has 0 aliphatic heterocycles. The summed E-state index contributed by atoms with van der Waals surface area (Å²) >= 11 is 0. The molecule has 3 heteroatoms. The Bertz CT molecular complexity index is 1700. The topological polar surface area (TPSA) is 24.7 Å². The molecule has 0 radical (unpaired) electrons. The van der Waals surface area contributed by atoms with E-state index in [2.05, 4.69) is 93.0 Å². The van der Waals surface area contributed by atoms with Gasteiger partial charge in [0.2, 0.25) is 0 Å². The number of hydrogen-bond donors (Lipinski definition) is 0. The van der Waals surface area contributed by atoms with Crippen molar-refractivity contribution in [3.05, 3.63) is 59.7 Å². The first kappa shape index (κ1) is 70.4. The Morgan fingerprint density at radius 1 is 0.320 bits per heavy atom. The van der Waals surface area contributed by atoms with Gasteiger partial charge in [0.1, 0.15) is 0 Å². The molecule has 0 fully saturated rings. The van der Waals surface area contributed by atoms with Crippen LogP contribution in [0.3, 0.4) is 0 Å². The van der Waals surface area contributed by atoms with E-state index in [9.17, 15) is 0 Å². The van der Waals surface area contributed by atoms with Crippen LogP contribution in [0.4, 0.5) is 11.4 Å². The maximum Gasteiger partial charge on any atom is 0.0665 e. The molecular formula is C72H120N2Ni. The summed E-state index contributed by atoms with van der Waals surface area (Å²) in [5.74, 6) is 13.9. The molecule has 2 rings (SSSR count). The predicted octanol–water partition coefficient (Wildman–Crippen LogP) is 24.4. The average Bonchev–Trinajstić information content (AvgIpc) is 3.42. The summed E-state index contributed by atoms with van der Waals surface area (Å²) in [5.41, 5.74) is 5.71. The molecule has 0 aromatic heterocycles. The third-order valence-electron chi connectivity index (χ3n) is 15.5. The fourth-order valence-corrected chi connectivity index (χ4v) is 10.5. The molecule has 2 aromatic carbocycles. The van der Waals surface area contributed by atoms with E-state index in [1.807, 2.05) is 6.21 Å². The van der Waals surface area contributed by atoms with Gasteiger partial charge < -0.3 is 0 Å². The van der Waals surface area contributed by atoms with Gasteiger partial charge in [-0.15, -0.1) is 23.7 Å². The number of hydrogen-bond acceptors (Lipinski definition) is 2. The first-order valence-corrected chi connectivity index (χ1v) is 33.0. The Morgan fingerprint density at radius 3 is 0.920 bits per heavy atom. The SMILES string of the molecule is CCCCCCCCCCCCCCCCCCCCCCCC#CCCc1ccccc1N=CC(CCCC)=Nc1ccccc1CCC#CCCCCCCCCCCCCCCCCCCCCCCC.[Ni]. The Morgan fingerprint density at radius 2 is 0.587 bits per heavy atom. The van der Waals surface area contributed by atoms with Crippen molar-refractivity contribution in [2.75, 3.05) is 0 Å². The van der Waals surface area contributed by atoms with Crippen LogP contribution in [0.2, 0.25) is 0 Å². The van der Waals surface area contributed by atoms with Crippen molar-refractivity contribution >= 4 is 23.3 Å². The molecule has 0 aliphatic carbocycles. The summed E-state index contributed by atoms with van der Waals surface area (Å²) in [6.45, 7) is 6.87. The van der Waals surface area contributed by atoms with Crippen LogP contribution in [0.15, 0.2) is 58.5 Å². The number of aryl methyl sites for hydroxylation is 2. The van der Waals surface area contributed by atoms with Gasteiger partial charge in [-0.05, 0) is 61.8 Å². The largest absolute Gasteiger partial charge is 0.255 e. The molecule has 0 bridgehead atoms. The number of para-hydroxylation sites is 2. The molecule has 0 N–H and O–H groups in total. The summed E-state index contributed by atoms with van der Waals surface area (Å²) in [6.07, 6.45) is 70.8. The third-order valence-corrected chi connectivity index (χ3v) is 15.5. The monoisotopic (exact) mass is 1070 g/mol. The molecule has 0 saturated heterocycles. The second-order valence-electron chi connectivity index (χ2n) is 22.6. The van der Waals surface area contributed by atoms with Gasteiger partial charge in [0, 0.05) is 48.4 Å². The predicted molar refractivity (Wildman–Crippen MR) is 334 cm³/mol. The Balaban J connectivity index is 0.0000281. The van der Waals surface area contributed by atoms with Crippen LogP contribution >= 0.6 is 0 Å².